The van der Waals surface area contributed by atoms with E-state index in [2.05, 4.69) is 6.07 Å². The molecule has 0 aromatic heterocycles. The number of rotatable bonds is 7. The SMILES string of the molecule is CC(=O)OCCCCC(=Cc1cc2ccccc2c2ccccc12)[N+](=O)[O-]. The minimum Gasteiger partial charge on any atom is -0.466 e. The molecular formula is C22H21NO4. The Morgan fingerprint density at radius 2 is 1.70 bits per heavy atom. The number of carbonyl (C=O) groups excluding carboxylic acids is 1. The maximum absolute atomic E-state index is 11.5. The van der Waals surface area contributed by atoms with Crippen LogP contribution in [0.4, 0.5) is 0 Å². The van der Waals surface area contributed by atoms with Crippen LogP contribution in [-0.4, -0.2) is 17.5 Å². The Labute approximate surface area is 157 Å². The molecule has 0 spiro atoms. The van der Waals surface area contributed by atoms with Gasteiger partial charge in [-0.2, -0.15) is 0 Å². The van der Waals surface area contributed by atoms with E-state index in [4.69, 9.17) is 4.74 Å². The number of ether oxygens (including phenoxy) is 1. The van der Waals surface area contributed by atoms with Gasteiger partial charge in [0, 0.05) is 19.4 Å². The lowest BCUT2D eigenvalue weighted by atomic mass is 9.96. The van der Waals surface area contributed by atoms with Gasteiger partial charge in [-0.25, -0.2) is 0 Å². The van der Waals surface area contributed by atoms with Crippen LogP contribution in [0.3, 0.4) is 0 Å². The van der Waals surface area contributed by atoms with Crippen molar-refractivity contribution in [2.75, 3.05) is 6.61 Å². The van der Waals surface area contributed by atoms with Crippen LogP contribution in [0.15, 0.2) is 60.3 Å². The third-order valence-corrected chi connectivity index (χ3v) is 4.49. The molecular weight excluding hydrogens is 342 g/mol. The molecule has 0 N–H and O–H groups in total. The van der Waals surface area contributed by atoms with Crippen molar-refractivity contribution < 1.29 is 14.5 Å². The second-order valence-corrected chi connectivity index (χ2v) is 6.42. The highest BCUT2D eigenvalue weighted by molar-refractivity contribution is 6.10. The van der Waals surface area contributed by atoms with Crippen molar-refractivity contribution in [3.8, 4) is 0 Å². The normalized spacial score (nSPS) is 11.7. The minimum atomic E-state index is -0.331. The van der Waals surface area contributed by atoms with Crippen molar-refractivity contribution in [3.63, 3.8) is 0 Å². The van der Waals surface area contributed by atoms with Gasteiger partial charge in [0.25, 0.3) is 0 Å². The Kier molecular flexibility index (Phi) is 5.81. The van der Waals surface area contributed by atoms with Crippen molar-refractivity contribution in [1.82, 2.24) is 0 Å². The van der Waals surface area contributed by atoms with Crippen molar-refractivity contribution >= 4 is 33.6 Å². The van der Waals surface area contributed by atoms with E-state index >= 15 is 0 Å². The number of unbranched alkanes of at least 4 members (excludes halogenated alkanes) is 1. The Balaban J connectivity index is 1.93. The first-order valence-corrected chi connectivity index (χ1v) is 8.95. The molecule has 5 nitrogen and oxygen atoms in total. The number of allylic oxidation sites excluding steroid dienone is 1. The predicted molar refractivity (Wildman–Crippen MR) is 107 cm³/mol. The average Bonchev–Trinajstić information content (AvgIpc) is 2.66. The summed E-state index contributed by atoms with van der Waals surface area (Å²) in [5, 5.41) is 15.8. The molecule has 0 aliphatic heterocycles. The van der Waals surface area contributed by atoms with Crippen LogP contribution in [0.1, 0.15) is 31.7 Å². The predicted octanol–water partition coefficient (Wildman–Crippen LogP) is 5.34. The fraction of sp³-hybridized carbons (Fsp3) is 0.227. The number of benzene rings is 3. The lowest BCUT2D eigenvalue weighted by molar-refractivity contribution is -0.426. The summed E-state index contributed by atoms with van der Waals surface area (Å²) in [5.74, 6) is -0.331. The van der Waals surface area contributed by atoms with E-state index in [1.807, 2.05) is 48.5 Å². The number of nitrogens with zero attached hydrogens (tertiary/aromatic N) is 1. The van der Waals surface area contributed by atoms with Crippen molar-refractivity contribution in [1.29, 1.82) is 0 Å². The standard InChI is InChI=1S/C22H21NO4/c1-16(24)27-13-7-6-9-19(23(25)26)15-18-14-17-8-2-3-10-20(17)22-12-5-4-11-21(18)22/h2-5,8,10-12,14-15H,6-7,9,13H2,1H3. The quantitative estimate of drug-likeness (QED) is 0.187. The maximum atomic E-state index is 11.5. The summed E-state index contributed by atoms with van der Waals surface area (Å²) in [4.78, 5) is 22.0. The molecule has 27 heavy (non-hydrogen) atoms. The van der Waals surface area contributed by atoms with Gasteiger partial charge >= 0.3 is 5.97 Å². The molecule has 0 aliphatic carbocycles. The average molecular weight is 363 g/mol. The molecule has 5 heteroatoms. The molecule has 0 saturated heterocycles. The second kappa shape index (κ2) is 8.45. The second-order valence-electron chi connectivity index (χ2n) is 6.42. The van der Waals surface area contributed by atoms with E-state index in [9.17, 15) is 14.9 Å². The minimum absolute atomic E-state index is 0.165. The molecule has 138 valence electrons. The van der Waals surface area contributed by atoms with Gasteiger partial charge < -0.3 is 4.74 Å². The summed E-state index contributed by atoms with van der Waals surface area (Å²) in [5.41, 5.74) is 1.01. The zero-order valence-electron chi connectivity index (χ0n) is 15.2. The summed E-state index contributed by atoms with van der Waals surface area (Å²) in [7, 11) is 0. The van der Waals surface area contributed by atoms with Gasteiger partial charge in [-0.1, -0.05) is 48.5 Å². The first kappa shape index (κ1) is 18.6. The van der Waals surface area contributed by atoms with Gasteiger partial charge in [0.05, 0.1) is 11.5 Å². The zero-order valence-corrected chi connectivity index (χ0v) is 15.2. The molecule has 0 heterocycles. The Hall–Kier alpha value is -3.21. The lowest BCUT2D eigenvalue weighted by Crippen LogP contribution is -2.02. The van der Waals surface area contributed by atoms with Gasteiger partial charge in [0.1, 0.15) is 0 Å². The van der Waals surface area contributed by atoms with Gasteiger partial charge in [-0.15, -0.1) is 0 Å². The van der Waals surface area contributed by atoms with E-state index in [0.717, 1.165) is 27.1 Å². The van der Waals surface area contributed by atoms with Gasteiger partial charge in [-0.3, -0.25) is 14.9 Å². The molecule has 3 rings (SSSR count). The van der Waals surface area contributed by atoms with Crippen molar-refractivity contribution in [2.45, 2.75) is 26.2 Å². The molecule has 3 aromatic carbocycles. The first-order valence-electron chi connectivity index (χ1n) is 8.95. The highest BCUT2D eigenvalue weighted by Gasteiger charge is 2.13. The first-order chi connectivity index (χ1) is 13.1. The fourth-order valence-corrected chi connectivity index (χ4v) is 3.22. The van der Waals surface area contributed by atoms with E-state index in [0.29, 0.717) is 25.9 Å². The van der Waals surface area contributed by atoms with Crippen molar-refractivity contribution in [2.24, 2.45) is 0 Å². The summed E-state index contributed by atoms with van der Waals surface area (Å²) < 4.78 is 4.88. The molecule has 0 bridgehead atoms. The Morgan fingerprint density at radius 3 is 2.41 bits per heavy atom. The van der Waals surface area contributed by atoms with E-state index in [1.165, 1.54) is 6.92 Å². The molecule has 0 saturated carbocycles. The largest absolute Gasteiger partial charge is 0.466 e. The van der Waals surface area contributed by atoms with E-state index in [1.54, 1.807) is 6.08 Å². The fourth-order valence-electron chi connectivity index (χ4n) is 3.22. The highest BCUT2D eigenvalue weighted by Crippen LogP contribution is 2.30. The number of nitro groups is 1. The van der Waals surface area contributed by atoms with Crippen LogP contribution in [0.25, 0.3) is 27.6 Å². The summed E-state index contributed by atoms with van der Waals surface area (Å²) in [6.07, 6.45) is 3.19. The molecule has 0 radical (unpaired) electrons. The number of fused-ring (bicyclic) bond motifs is 3. The molecule has 0 atom stereocenters. The van der Waals surface area contributed by atoms with Gasteiger partial charge in [0.15, 0.2) is 0 Å². The number of carbonyl (C=O) groups is 1. The molecule has 0 amide bonds. The van der Waals surface area contributed by atoms with Crippen LogP contribution in [0.2, 0.25) is 0 Å². The summed E-state index contributed by atoms with van der Waals surface area (Å²) in [6, 6.07) is 18.0. The van der Waals surface area contributed by atoms with Crippen molar-refractivity contribution in [3.05, 3.63) is 76.0 Å². The number of hydrogen-bond donors (Lipinski definition) is 0. The number of hydrogen-bond acceptors (Lipinski definition) is 4. The van der Waals surface area contributed by atoms with Crippen LogP contribution in [0.5, 0.6) is 0 Å². The van der Waals surface area contributed by atoms with Gasteiger partial charge in [0.2, 0.25) is 5.70 Å². The summed E-state index contributed by atoms with van der Waals surface area (Å²) >= 11 is 0. The van der Waals surface area contributed by atoms with Crippen LogP contribution < -0.4 is 0 Å². The third-order valence-electron chi connectivity index (χ3n) is 4.49. The van der Waals surface area contributed by atoms with Crippen LogP contribution >= 0.6 is 0 Å². The lowest BCUT2D eigenvalue weighted by Gasteiger charge is -2.08. The molecule has 0 fully saturated rings. The summed E-state index contributed by atoms with van der Waals surface area (Å²) in [6.45, 7) is 1.65. The monoisotopic (exact) mass is 363 g/mol. The smallest absolute Gasteiger partial charge is 0.302 e. The molecule has 0 aliphatic rings. The Bertz CT molecular complexity index is 1020. The third kappa shape index (κ3) is 4.50. The van der Waals surface area contributed by atoms with Crippen LogP contribution in [0, 0.1) is 10.1 Å². The maximum Gasteiger partial charge on any atom is 0.302 e. The Morgan fingerprint density at radius 1 is 1.04 bits per heavy atom. The topological polar surface area (TPSA) is 69.4 Å². The molecule has 3 aromatic rings. The zero-order chi connectivity index (χ0) is 19.2. The van der Waals surface area contributed by atoms with Crippen LogP contribution in [-0.2, 0) is 9.53 Å². The van der Waals surface area contributed by atoms with E-state index < -0.39 is 0 Å². The van der Waals surface area contributed by atoms with Gasteiger partial charge in [-0.05, 0) is 46.0 Å². The molecule has 0 unspecified atom stereocenters. The highest BCUT2D eigenvalue weighted by atomic mass is 16.6. The number of esters is 1. The van der Waals surface area contributed by atoms with E-state index in [-0.39, 0.29) is 16.6 Å².